The lowest BCUT2D eigenvalue weighted by Crippen LogP contribution is -2.26. The fourth-order valence-electron chi connectivity index (χ4n) is 1.86. The summed E-state index contributed by atoms with van der Waals surface area (Å²) in [7, 11) is 0. The molecule has 0 bridgehead atoms. The standard InChI is InChI=1S/C14H24ClN3O/c1-5-8-18-14(19)13(15)12(9-16-18)17-11(4)7-6-10(2)3/h9-11,17H,5-8H2,1-4H3. The highest BCUT2D eigenvalue weighted by atomic mass is 35.5. The van der Waals surface area contributed by atoms with Crippen LogP contribution in [0.15, 0.2) is 11.0 Å². The number of rotatable bonds is 7. The average Bonchev–Trinajstić information content (AvgIpc) is 2.36. The van der Waals surface area contributed by atoms with Crippen molar-refractivity contribution in [2.45, 2.75) is 59.5 Å². The van der Waals surface area contributed by atoms with E-state index in [9.17, 15) is 4.79 Å². The van der Waals surface area contributed by atoms with Crippen molar-refractivity contribution >= 4 is 17.3 Å². The molecule has 4 nitrogen and oxygen atoms in total. The first-order chi connectivity index (χ1) is 8.95. The van der Waals surface area contributed by atoms with Crippen molar-refractivity contribution in [2.75, 3.05) is 5.32 Å². The van der Waals surface area contributed by atoms with Gasteiger partial charge in [0.25, 0.3) is 5.56 Å². The largest absolute Gasteiger partial charge is 0.380 e. The molecule has 0 aliphatic rings. The maximum absolute atomic E-state index is 12.0. The van der Waals surface area contributed by atoms with Crippen LogP contribution < -0.4 is 10.9 Å². The Balaban J connectivity index is 2.74. The van der Waals surface area contributed by atoms with Gasteiger partial charge in [0.15, 0.2) is 0 Å². The summed E-state index contributed by atoms with van der Waals surface area (Å²) in [5.74, 6) is 0.676. The zero-order valence-electron chi connectivity index (χ0n) is 12.2. The summed E-state index contributed by atoms with van der Waals surface area (Å²) >= 11 is 6.11. The lowest BCUT2D eigenvalue weighted by Gasteiger charge is -2.17. The van der Waals surface area contributed by atoms with Crippen LogP contribution in [0.3, 0.4) is 0 Å². The predicted molar refractivity (Wildman–Crippen MR) is 81.0 cm³/mol. The third-order valence-electron chi connectivity index (χ3n) is 3.00. The van der Waals surface area contributed by atoms with Crippen molar-refractivity contribution in [2.24, 2.45) is 5.92 Å². The summed E-state index contributed by atoms with van der Waals surface area (Å²) in [6, 6.07) is 0.281. The Morgan fingerprint density at radius 3 is 2.63 bits per heavy atom. The molecular formula is C14H24ClN3O. The molecule has 5 heteroatoms. The van der Waals surface area contributed by atoms with Gasteiger partial charge in [0, 0.05) is 12.6 Å². The Labute approximate surface area is 120 Å². The second-order valence-electron chi connectivity index (χ2n) is 5.42. The topological polar surface area (TPSA) is 46.9 Å². The number of aryl methyl sites for hydroxylation is 1. The molecule has 1 N–H and O–H groups in total. The van der Waals surface area contributed by atoms with E-state index in [-0.39, 0.29) is 16.6 Å². The quantitative estimate of drug-likeness (QED) is 0.833. The van der Waals surface area contributed by atoms with Crippen LogP contribution in [-0.2, 0) is 6.54 Å². The van der Waals surface area contributed by atoms with Crippen molar-refractivity contribution < 1.29 is 0 Å². The van der Waals surface area contributed by atoms with E-state index >= 15 is 0 Å². The molecule has 0 radical (unpaired) electrons. The lowest BCUT2D eigenvalue weighted by molar-refractivity contribution is 0.526. The van der Waals surface area contributed by atoms with Crippen LogP contribution in [-0.4, -0.2) is 15.8 Å². The van der Waals surface area contributed by atoms with Crippen molar-refractivity contribution in [3.63, 3.8) is 0 Å². The van der Waals surface area contributed by atoms with Gasteiger partial charge in [0.1, 0.15) is 5.02 Å². The van der Waals surface area contributed by atoms with Crippen molar-refractivity contribution in [3.8, 4) is 0 Å². The van der Waals surface area contributed by atoms with Crippen LogP contribution >= 0.6 is 11.6 Å². The van der Waals surface area contributed by atoms with Gasteiger partial charge in [-0.25, -0.2) is 4.68 Å². The summed E-state index contributed by atoms with van der Waals surface area (Å²) in [4.78, 5) is 12.0. The SMILES string of the molecule is CCCn1ncc(NC(C)CCC(C)C)c(Cl)c1=O. The maximum atomic E-state index is 12.0. The fraction of sp³-hybridized carbons (Fsp3) is 0.714. The Hall–Kier alpha value is -1.03. The fourth-order valence-corrected chi connectivity index (χ4v) is 2.06. The molecule has 1 rings (SSSR count). The number of anilines is 1. The van der Waals surface area contributed by atoms with Crippen LogP contribution in [0.5, 0.6) is 0 Å². The van der Waals surface area contributed by atoms with E-state index in [0.29, 0.717) is 18.2 Å². The highest BCUT2D eigenvalue weighted by Crippen LogP contribution is 2.18. The zero-order valence-corrected chi connectivity index (χ0v) is 13.0. The highest BCUT2D eigenvalue weighted by molar-refractivity contribution is 6.32. The van der Waals surface area contributed by atoms with Crippen LogP contribution in [0.2, 0.25) is 5.02 Å². The van der Waals surface area contributed by atoms with E-state index in [4.69, 9.17) is 11.6 Å². The minimum absolute atomic E-state index is 0.218. The van der Waals surface area contributed by atoms with Gasteiger partial charge in [0.2, 0.25) is 0 Å². The van der Waals surface area contributed by atoms with E-state index in [0.717, 1.165) is 19.3 Å². The summed E-state index contributed by atoms with van der Waals surface area (Å²) in [5, 5.41) is 7.64. The molecule has 1 aromatic rings. The summed E-state index contributed by atoms with van der Waals surface area (Å²) in [6.45, 7) is 9.10. The van der Waals surface area contributed by atoms with E-state index in [1.54, 1.807) is 6.20 Å². The molecule has 0 aliphatic carbocycles. The van der Waals surface area contributed by atoms with E-state index < -0.39 is 0 Å². The van der Waals surface area contributed by atoms with E-state index in [1.807, 2.05) is 6.92 Å². The molecular weight excluding hydrogens is 262 g/mol. The molecule has 0 fully saturated rings. The van der Waals surface area contributed by atoms with Crippen molar-refractivity contribution in [1.29, 1.82) is 0 Å². The first-order valence-corrected chi connectivity index (χ1v) is 7.35. The monoisotopic (exact) mass is 285 g/mol. The van der Waals surface area contributed by atoms with Gasteiger partial charge in [-0.05, 0) is 32.1 Å². The molecule has 0 saturated heterocycles. The molecule has 0 spiro atoms. The third kappa shape index (κ3) is 4.86. The zero-order chi connectivity index (χ0) is 14.4. The number of hydrogen-bond donors (Lipinski definition) is 1. The first-order valence-electron chi connectivity index (χ1n) is 6.97. The molecule has 0 amide bonds. The van der Waals surface area contributed by atoms with Gasteiger partial charge < -0.3 is 5.32 Å². The van der Waals surface area contributed by atoms with E-state index in [1.165, 1.54) is 4.68 Å². The summed E-state index contributed by atoms with van der Waals surface area (Å²) in [5.41, 5.74) is 0.417. The number of halogens is 1. The van der Waals surface area contributed by atoms with Crippen LogP contribution in [0.1, 0.15) is 47.0 Å². The predicted octanol–water partition coefficient (Wildman–Crippen LogP) is 3.54. The Morgan fingerprint density at radius 1 is 1.37 bits per heavy atom. The van der Waals surface area contributed by atoms with Crippen molar-refractivity contribution in [3.05, 3.63) is 21.6 Å². The van der Waals surface area contributed by atoms with Crippen LogP contribution in [0.4, 0.5) is 5.69 Å². The molecule has 108 valence electrons. The van der Waals surface area contributed by atoms with Gasteiger partial charge >= 0.3 is 0 Å². The molecule has 0 aliphatic heterocycles. The number of nitrogens with one attached hydrogen (secondary N) is 1. The number of nitrogens with zero attached hydrogens (tertiary/aromatic N) is 2. The Bertz CT molecular complexity index is 456. The minimum Gasteiger partial charge on any atom is -0.380 e. The second kappa shape index (κ2) is 7.53. The van der Waals surface area contributed by atoms with Gasteiger partial charge in [-0.15, -0.1) is 0 Å². The molecule has 1 atom stereocenters. The molecule has 19 heavy (non-hydrogen) atoms. The van der Waals surface area contributed by atoms with Crippen molar-refractivity contribution in [1.82, 2.24) is 9.78 Å². The minimum atomic E-state index is -0.218. The summed E-state index contributed by atoms with van der Waals surface area (Å²) in [6.07, 6.45) is 4.70. The molecule has 1 heterocycles. The highest BCUT2D eigenvalue weighted by Gasteiger charge is 2.11. The van der Waals surface area contributed by atoms with Gasteiger partial charge in [-0.1, -0.05) is 32.4 Å². The lowest BCUT2D eigenvalue weighted by atomic mass is 10.0. The molecule has 0 aromatic carbocycles. The van der Waals surface area contributed by atoms with Crippen LogP contribution in [0.25, 0.3) is 0 Å². The molecule has 1 unspecified atom stereocenters. The Morgan fingerprint density at radius 2 is 2.05 bits per heavy atom. The average molecular weight is 286 g/mol. The van der Waals surface area contributed by atoms with E-state index in [2.05, 4.69) is 31.2 Å². The van der Waals surface area contributed by atoms with Gasteiger partial charge in [-0.2, -0.15) is 5.10 Å². The maximum Gasteiger partial charge on any atom is 0.287 e. The third-order valence-corrected chi connectivity index (χ3v) is 3.36. The molecule has 1 aromatic heterocycles. The summed E-state index contributed by atoms with van der Waals surface area (Å²) < 4.78 is 1.41. The number of hydrogen-bond acceptors (Lipinski definition) is 3. The van der Waals surface area contributed by atoms with Crippen LogP contribution in [0, 0.1) is 5.92 Å². The normalized spacial score (nSPS) is 12.7. The Kier molecular flexibility index (Phi) is 6.35. The first kappa shape index (κ1) is 16.0. The second-order valence-corrected chi connectivity index (χ2v) is 5.80. The van der Waals surface area contributed by atoms with Gasteiger partial charge in [-0.3, -0.25) is 4.79 Å². The number of aromatic nitrogens is 2. The molecule has 0 saturated carbocycles. The smallest absolute Gasteiger partial charge is 0.287 e. The van der Waals surface area contributed by atoms with Gasteiger partial charge in [0.05, 0.1) is 11.9 Å².